The molecule has 21 heavy (non-hydrogen) atoms. The quantitative estimate of drug-likeness (QED) is 0.617. The smallest absolute Gasteiger partial charge is 0.271 e. The third kappa shape index (κ3) is 3.64. The lowest BCUT2D eigenvalue weighted by Gasteiger charge is -2.21. The Morgan fingerprint density at radius 3 is 2.62 bits per heavy atom. The van der Waals surface area contributed by atoms with Crippen LogP contribution in [0.4, 0.5) is 5.69 Å². The molecule has 1 aromatic rings. The number of carbonyl (C=O) groups is 1. The Morgan fingerprint density at radius 1 is 1.24 bits per heavy atom. The van der Waals surface area contributed by atoms with E-state index >= 15 is 0 Å². The molecule has 0 N–H and O–H groups in total. The molecule has 1 amide bonds. The van der Waals surface area contributed by atoms with Gasteiger partial charge in [-0.1, -0.05) is 23.2 Å². The molecule has 0 saturated carbocycles. The summed E-state index contributed by atoms with van der Waals surface area (Å²) in [5, 5.41) is 11.0. The van der Waals surface area contributed by atoms with Crippen molar-refractivity contribution < 1.29 is 9.72 Å². The number of hydrogen-bond donors (Lipinski definition) is 0. The molecule has 1 saturated heterocycles. The van der Waals surface area contributed by atoms with Gasteiger partial charge < -0.3 is 9.80 Å². The molecule has 1 heterocycles. The van der Waals surface area contributed by atoms with E-state index in [1.165, 1.54) is 6.07 Å². The first-order valence-corrected chi connectivity index (χ1v) is 7.27. The number of hydrogen-bond acceptors (Lipinski definition) is 4. The van der Waals surface area contributed by atoms with E-state index in [2.05, 4.69) is 4.90 Å². The van der Waals surface area contributed by atoms with Gasteiger partial charge in [0, 0.05) is 31.8 Å². The Kier molecular flexibility index (Phi) is 5.03. The molecule has 1 aromatic carbocycles. The van der Waals surface area contributed by atoms with Crippen LogP contribution in [0.15, 0.2) is 12.1 Å². The second-order valence-electron chi connectivity index (χ2n) is 5.00. The zero-order valence-corrected chi connectivity index (χ0v) is 13.0. The predicted molar refractivity (Wildman–Crippen MR) is 81.1 cm³/mol. The van der Waals surface area contributed by atoms with E-state index in [0.29, 0.717) is 13.1 Å². The molecule has 0 unspecified atom stereocenters. The van der Waals surface area contributed by atoms with Gasteiger partial charge in [-0.15, -0.1) is 0 Å². The van der Waals surface area contributed by atoms with E-state index in [4.69, 9.17) is 23.2 Å². The molecule has 0 atom stereocenters. The Bertz CT molecular complexity index is 580. The number of amides is 1. The lowest BCUT2D eigenvalue weighted by molar-refractivity contribution is -0.384. The third-order valence-corrected chi connectivity index (χ3v) is 4.26. The summed E-state index contributed by atoms with van der Waals surface area (Å²) in [6, 6.07) is 2.34. The number of halogens is 2. The van der Waals surface area contributed by atoms with E-state index in [-0.39, 0.29) is 27.2 Å². The first-order valence-electron chi connectivity index (χ1n) is 6.51. The van der Waals surface area contributed by atoms with Gasteiger partial charge >= 0.3 is 0 Å². The molecule has 1 aliphatic heterocycles. The van der Waals surface area contributed by atoms with Crippen LogP contribution in [-0.4, -0.2) is 53.9 Å². The monoisotopic (exact) mass is 331 g/mol. The molecule has 0 bridgehead atoms. The molecular formula is C13H15Cl2N3O3. The van der Waals surface area contributed by atoms with Crippen LogP contribution in [0.25, 0.3) is 0 Å². The van der Waals surface area contributed by atoms with Crippen molar-refractivity contribution in [2.24, 2.45) is 0 Å². The molecule has 0 aromatic heterocycles. The van der Waals surface area contributed by atoms with Crippen molar-refractivity contribution in [3.63, 3.8) is 0 Å². The summed E-state index contributed by atoms with van der Waals surface area (Å²) < 4.78 is 0. The van der Waals surface area contributed by atoms with Crippen molar-refractivity contribution in [3.8, 4) is 0 Å². The van der Waals surface area contributed by atoms with Gasteiger partial charge in [-0.25, -0.2) is 0 Å². The minimum atomic E-state index is -0.588. The van der Waals surface area contributed by atoms with Crippen molar-refractivity contribution in [3.05, 3.63) is 37.9 Å². The highest BCUT2D eigenvalue weighted by atomic mass is 35.5. The van der Waals surface area contributed by atoms with Crippen LogP contribution in [0.5, 0.6) is 0 Å². The number of likely N-dealkylation sites (N-methyl/N-ethyl adjacent to an activating group) is 1. The number of rotatable bonds is 2. The summed E-state index contributed by atoms with van der Waals surface area (Å²) in [7, 11) is 1.99. The molecule has 114 valence electrons. The summed E-state index contributed by atoms with van der Waals surface area (Å²) in [5.74, 6) is -0.319. The number of nitrogens with zero attached hydrogens (tertiary/aromatic N) is 3. The second kappa shape index (κ2) is 6.60. The van der Waals surface area contributed by atoms with Crippen LogP contribution in [-0.2, 0) is 0 Å². The van der Waals surface area contributed by atoms with Crippen LogP contribution in [0, 0.1) is 10.1 Å². The number of benzene rings is 1. The summed E-state index contributed by atoms with van der Waals surface area (Å²) in [6.45, 7) is 2.82. The number of nitro groups is 1. The van der Waals surface area contributed by atoms with Crippen molar-refractivity contribution in [1.29, 1.82) is 0 Å². The molecule has 6 nitrogen and oxygen atoms in total. The van der Waals surface area contributed by atoms with Gasteiger partial charge in [-0.3, -0.25) is 14.9 Å². The van der Waals surface area contributed by atoms with Gasteiger partial charge in [0.05, 0.1) is 20.5 Å². The van der Waals surface area contributed by atoms with Gasteiger partial charge in [0.15, 0.2) is 0 Å². The van der Waals surface area contributed by atoms with E-state index < -0.39 is 4.92 Å². The van der Waals surface area contributed by atoms with Crippen LogP contribution in [0.2, 0.25) is 10.0 Å². The van der Waals surface area contributed by atoms with Crippen molar-refractivity contribution in [2.75, 3.05) is 33.2 Å². The maximum absolute atomic E-state index is 12.5. The maximum atomic E-state index is 12.5. The van der Waals surface area contributed by atoms with E-state index in [1.807, 2.05) is 7.05 Å². The Balaban J connectivity index is 2.31. The molecular weight excluding hydrogens is 317 g/mol. The standard InChI is InChI=1S/C13H15Cl2N3O3/c1-16-3-2-4-17(6-5-16)13(19)10-7-9(18(20)21)8-11(14)12(10)15/h7-8H,2-6H2,1H3. The molecule has 0 spiro atoms. The largest absolute Gasteiger partial charge is 0.337 e. The normalized spacial score (nSPS) is 16.6. The van der Waals surface area contributed by atoms with Gasteiger partial charge in [0.2, 0.25) is 0 Å². The van der Waals surface area contributed by atoms with E-state index in [1.54, 1.807) is 4.90 Å². The summed E-state index contributed by atoms with van der Waals surface area (Å²) in [4.78, 5) is 26.6. The maximum Gasteiger partial charge on any atom is 0.271 e. The minimum Gasteiger partial charge on any atom is -0.337 e. The topological polar surface area (TPSA) is 66.7 Å². The highest BCUT2D eigenvalue weighted by molar-refractivity contribution is 6.44. The van der Waals surface area contributed by atoms with Crippen molar-refractivity contribution in [2.45, 2.75) is 6.42 Å². The Morgan fingerprint density at radius 2 is 1.95 bits per heavy atom. The zero-order valence-electron chi connectivity index (χ0n) is 11.5. The Labute approximate surface area is 132 Å². The minimum absolute atomic E-state index is 0.0150. The van der Waals surface area contributed by atoms with Crippen LogP contribution in [0.3, 0.4) is 0 Å². The first kappa shape index (κ1) is 16.0. The fourth-order valence-corrected chi connectivity index (χ4v) is 2.66. The van der Waals surface area contributed by atoms with E-state index in [0.717, 1.165) is 25.6 Å². The summed E-state index contributed by atoms with van der Waals surface area (Å²) >= 11 is 11.9. The molecule has 0 radical (unpaired) electrons. The van der Waals surface area contributed by atoms with Gasteiger partial charge in [0.1, 0.15) is 0 Å². The molecule has 2 rings (SSSR count). The number of nitro benzene ring substituents is 1. The lowest BCUT2D eigenvalue weighted by atomic mass is 10.1. The molecule has 0 aliphatic carbocycles. The van der Waals surface area contributed by atoms with E-state index in [9.17, 15) is 14.9 Å². The van der Waals surface area contributed by atoms with Gasteiger partial charge in [-0.05, 0) is 20.0 Å². The van der Waals surface area contributed by atoms with Gasteiger partial charge in [0.25, 0.3) is 11.6 Å². The molecule has 8 heteroatoms. The van der Waals surface area contributed by atoms with Crippen LogP contribution < -0.4 is 0 Å². The van der Waals surface area contributed by atoms with Crippen molar-refractivity contribution >= 4 is 34.8 Å². The zero-order chi connectivity index (χ0) is 15.6. The number of non-ortho nitro benzene ring substituents is 1. The van der Waals surface area contributed by atoms with Crippen molar-refractivity contribution in [1.82, 2.24) is 9.80 Å². The third-order valence-electron chi connectivity index (χ3n) is 3.46. The van der Waals surface area contributed by atoms with Gasteiger partial charge in [-0.2, -0.15) is 0 Å². The second-order valence-corrected chi connectivity index (χ2v) is 5.78. The average Bonchev–Trinajstić information content (AvgIpc) is 2.65. The van der Waals surface area contributed by atoms with Crippen LogP contribution in [0.1, 0.15) is 16.8 Å². The average molecular weight is 332 g/mol. The van der Waals surface area contributed by atoms with Crippen LogP contribution >= 0.6 is 23.2 Å². The predicted octanol–water partition coefficient (Wildman–Crippen LogP) is 2.68. The SMILES string of the molecule is CN1CCCN(C(=O)c2cc([N+](=O)[O-])cc(Cl)c2Cl)CC1. The molecule has 1 fully saturated rings. The molecule has 1 aliphatic rings. The summed E-state index contributed by atoms with van der Waals surface area (Å²) in [5.41, 5.74) is -0.153. The first-order chi connectivity index (χ1) is 9.90. The fraction of sp³-hybridized carbons (Fsp3) is 0.462. The number of carbonyl (C=O) groups excluding carboxylic acids is 1. The highest BCUT2D eigenvalue weighted by Crippen LogP contribution is 2.31. The summed E-state index contributed by atoms with van der Waals surface area (Å²) in [6.07, 6.45) is 0.850. The fourth-order valence-electron chi connectivity index (χ4n) is 2.26. The lowest BCUT2D eigenvalue weighted by Crippen LogP contribution is -2.34. The highest BCUT2D eigenvalue weighted by Gasteiger charge is 2.24. The Hall–Kier alpha value is -1.37.